The number of ether oxygens (including phenoxy) is 2. The molecular formula is C16H28N2O3S. The summed E-state index contributed by atoms with van der Waals surface area (Å²) in [4.78, 5) is 16.0. The quantitative estimate of drug-likeness (QED) is 0.755. The summed E-state index contributed by atoms with van der Waals surface area (Å²) in [6.07, 6.45) is 3.75. The number of likely N-dealkylation sites (N-methyl/N-ethyl adjacent to an activating group) is 1. The first-order chi connectivity index (χ1) is 10.6. The summed E-state index contributed by atoms with van der Waals surface area (Å²) >= 11 is 2.01. The van der Waals surface area contributed by atoms with Crippen LogP contribution in [0.1, 0.15) is 19.3 Å². The molecule has 3 rings (SSSR count). The van der Waals surface area contributed by atoms with Crippen molar-refractivity contribution in [1.29, 1.82) is 0 Å². The van der Waals surface area contributed by atoms with Crippen LogP contribution in [0.25, 0.3) is 0 Å². The molecule has 0 radical (unpaired) electrons. The van der Waals surface area contributed by atoms with E-state index in [0.29, 0.717) is 18.6 Å². The molecule has 1 atom stereocenters. The first kappa shape index (κ1) is 16.6. The highest BCUT2D eigenvalue weighted by atomic mass is 32.2. The number of carbonyl (C=O) groups excluding carboxylic acids is 1. The Balaban J connectivity index is 1.37. The summed E-state index contributed by atoms with van der Waals surface area (Å²) in [6, 6.07) is 0. The van der Waals surface area contributed by atoms with Gasteiger partial charge in [0.15, 0.2) is 0 Å². The van der Waals surface area contributed by atoms with Crippen LogP contribution in [0.4, 0.5) is 0 Å². The number of nitrogens with zero attached hydrogens (tertiary/aromatic N) is 2. The predicted octanol–water partition coefficient (Wildman–Crippen LogP) is 1.08. The SMILES string of the molecule is CN(C)CC(=O)N1CC2(C[C@H](OCC3CCOCC3)CS2)C1. The molecule has 6 heteroatoms. The van der Waals surface area contributed by atoms with Crippen LogP contribution >= 0.6 is 11.8 Å². The highest BCUT2D eigenvalue weighted by molar-refractivity contribution is 8.01. The average molecular weight is 328 g/mol. The smallest absolute Gasteiger partial charge is 0.236 e. The molecule has 0 unspecified atom stereocenters. The van der Waals surface area contributed by atoms with Crippen molar-refractivity contribution in [2.45, 2.75) is 30.1 Å². The maximum Gasteiger partial charge on any atom is 0.236 e. The summed E-state index contributed by atoms with van der Waals surface area (Å²) in [6.45, 7) is 4.99. The summed E-state index contributed by atoms with van der Waals surface area (Å²) in [5.41, 5.74) is 0. The van der Waals surface area contributed by atoms with Gasteiger partial charge in [0, 0.05) is 38.7 Å². The van der Waals surface area contributed by atoms with Crippen LogP contribution in [-0.2, 0) is 14.3 Å². The topological polar surface area (TPSA) is 42.0 Å². The van der Waals surface area contributed by atoms with Crippen molar-refractivity contribution in [2.75, 3.05) is 59.3 Å². The maximum absolute atomic E-state index is 12.0. The maximum atomic E-state index is 12.0. The Bertz CT molecular complexity index is 393. The van der Waals surface area contributed by atoms with Crippen molar-refractivity contribution in [2.24, 2.45) is 5.92 Å². The van der Waals surface area contributed by atoms with Crippen LogP contribution in [0.5, 0.6) is 0 Å². The van der Waals surface area contributed by atoms with Gasteiger partial charge in [-0.25, -0.2) is 0 Å². The molecule has 3 heterocycles. The Hall–Kier alpha value is -0.300. The van der Waals surface area contributed by atoms with Crippen molar-refractivity contribution in [3.63, 3.8) is 0 Å². The van der Waals surface area contributed by atoms with Gasteiger partial charge in [-0.1, -0.05) is 0 Å². The zero-order valence-corrected chi connectivity index (χ0v) is 14.6. The molecule has 0 aromatic carbocycles. The van der Waals surface area contributed by atoms with Gasteiger partial charge >= 0.3 is 0 Å². The lowest BCUT2D eigenvalue weighted by Gasteiger charge is -2.47. The molecule has 0 N–H and O–H groups in total. The minimum atomic E-state index is 0.253. The summed E-state index contributed by atoms with van der Waals surface area (Å²) in [7, 11) is 3.88. The monoisotopic (exact) mass is 328 g/mol. The molecule has 1 spiro atoms. The van der Waals surface area contributed by atoms with Gasteiger partial charge in [-0.3, -0.25) is 4.79 Å². The van der Waals surface area contributed by atoms with Crippen LogP contribution in [0.2, 0.25) is 0 Å². The third-order valence-electron chi connectivity index (χ3n) is 4.85. The predicted molar refractivity (Wildman–Crippen MR) is 88.2 cm³/mol. The first-order valence-electron chi connectivity index (χ1n) is 8.32. The molecule has 22 heavy (non-hydrogen) atoms. The lowest BCUT2D eigenvalue weighted by atomic mass is 9.92. The molecule has 0 aliphatic carbocycles. The minimum absolute atomic E-state index is 0.253. The number of amides is 1. The fraction of sp³-hybridized carbons (Fsp3) is 0.938. The Labute approximate surface area is 137 Å². The van der Waals surface area contributed by atoms with Crippen molar-refractivity contribution in [1.82, 2.24) is 9.80 Å². The zero-order valence-electron chi connectivity index (χ0n) is 13.8. The van der Waals surface area contributed by atoms with Gasteiger partial charge in [-0.05, 0) is 39.3 Å². The Morgan fingerprint density at radius 3 is 2.77 bits per heavy atom. The molecule has 126 valence electrons. The van der Waals surface area contributed by atoms with Crippen LogP contribution in [-0.4, -0.2) is 85.9 Å². The van der Waals surface area contributed by atoms with Gasteiger partial charge in [0.25, 0.3) is 0 Å². The second kappa shape index (κ2) is 7.07. The average Bonchev–Trinajstić information content (AvgIpc) is 2.88. The lowest BCUT2D eigenvalue weighted by molar-refractivity contribution is -0.137. The van der Waals surface area contributed by atoms with Gasteiger partial charge in [0.05, 0.1) is 17.4 Å². The van der Waals surface area contributed by atoms with E-state index in [0.717, 1.165) is 57.9 Å². The van der Waals surface area contributed by atoms with Crippen molar-refractivity contribution >= 4 is 17.7 Å². The first-order valence-corrected chi connectivity index (χ1v) is 9.31. The van der Waals surface area contributed by atoms with E-state index in [2.05, 4.69) is 0 Å². The third-order valence-corrected chi connectivity index (χ3v) is 6.42. The third kappa shape index (κ3) is 3.96. The highest BCUT2D eigenvalue weighted by Gasteiger charge is 2.50. The molecule has 5 nitrogen and oxygen atoms in total. The molecule has 0 saturated carbocycles. The van der Waals surface area contributed by atoms with Gasteiger partial charge in [-0.2, -0.15) is 0 Å². The number of thioether (sulfide) groups is 1. The molecule has 1 amide bonds. The van der Waals surface area contributed by atoms with Gasteiger partial charge in [0.2, 0.25) is 5.91 Å². The number of carbonyl (C=O) groups is 1. The number of hydrogen-bond acceptors (Lipinski definition) is 5. The van der Waals surface area contributed by atoms with E-state index in [1.54, 1.807) is 0 Å². The Morgan fingerprint density at radius 2 is 2.09 bits per heavy atom. The highest BCUT2D eigenvalue weighted by Crippen LogP contribution is 2.46. The molecule has 3 fully saturated rings. The van der Waals surface area contributed by atoms with Crippen LogP contribution in [0.15, 0.2) is 0 Å². The Kier molecular flexibility index (Phi) is 5.32. The van der Waals surface area contributed by atoms with E-state index in [4.69, 9.17) is 9.47 Å². The molecular weight excluding hydrogens is 300 g/mol. The Morgan fingerprint density at radius 1 is 1.36 bits per heavy atom. The van der Waals surface area contributed by atoms with E-state index in [1.165, 1.54) is 0 Å². The fourth-order valence-electron chi connectivity index (χ4n) is 3.51. The van der Waals surface area contributed by atoms with Crippen molar-refractivity contribution in [3.05, 3.63) is 0 Å². The largest absolute Gasteiger partial charge is 0.381 e. The zero-order chi connectivity index (χ0) is 15.6. The number of hydrogen-bond donors (Lipinski definition) is 0. The van der Waals surface area contributed by atoms with Crippen molar-refractivity contribution < 1.29 is 14.3 Å². The van der Waals surface area contributed by atoms with Crippen LogP contribution in [0, 0.1) is 5.92 Å². The van der Waals surface area contributed by atoms with E-state index >= 15 is 0 Å². The molecule has 0 bridgehead atoms. The van der Waals surface area contributed by atoms with Gasteiger partial charge < -0.3 is 19.3 Å². The van der Waals surface area contributed by atoms with E-state index < -0.39 is 0 Å². The molecule has 3 saturated heterocycles. The van der Waals surface area contributed by atoms with E-state index in [-0.39, 0.29) is 10.7 Å². The summed E-state index contributed by atoms with van der Waals surface area (Å²) in [5, 5.41) is 0. The van der Waals surface area contributed by atoms with Crippen LogP contribution in [0.3, 0.4) is 0 Å². The standard InChI is InChI=1S/C16H28N2O3S/c1-17(2)8-15(19)18-11-16(12-18)7-14(10-22-16)21-9-13-3-5-20-6-4-13/h13-14H,3-12H2,1-2H3/t14-/m0/s1. The van der Waals surface area contributed by atoms with E-state index in [1.807, 2.05) is 35.7 Å². The van der Waals surface area contributed by atoms with Crippen LogP contribution < -0.4 is 0 Å². The minimum Gasteiger partial charge on any atom is -0.381 e. The fourth-order valence-corrected chi connectivity index (χ4v) is 5.06. The van der Waals surface area contributed by atoms with Crippen molar-refractivity contribution in [3.8, 4) is 0 Å². The van der Waals surface area contributed by atoms with Gasteiger partial charge in [0.1, 0.15) is 0 Å². The second-order valence-corrected chi connectivity index (χ2v) is 8.68. The number of rotatable bonds is 5. The molecule has 3 aliphatic rings. The lowest BCUT2D eigenvalue weighted by Crippen LogP contribution is -2.62. The molecule has 3 aliphatic heterocycles. The summed E-state index contributed by atoms with van der Waals surface area (Å²) in [5.74, 6) is 2.01. The molecule has 0 aromatic heterocycles. The van der Waals surface area contributed by atoms with E-state index in [9.17, 15) is 4.79 Å². The summed E-state index contributed by atoms with van der Waals surface area (Å²) < 4.78 is 11.8. The van der Waals surface area contributed by atoms with Gasteiger partial charge in [-0.15, -0.1) is 11.8 Å². The number of likely N-dealkylation sites (tertiary alicyclic amines) is 1. The molecule has 0 aromatic rings. The normalized spacial score (nSPS) is 28.3. The second-order valence-electron chi connectivity index (χ2n) is 7.20.